The highest BCUT2D eigenvalue weighted by atomic mass is 15.1. The first kappa shape index (κ1) is 8.10. The Balaban J connectivity index is 2.53. The molecule has 2 rings (SSSR count). The van der Waals surface area contributed by atoms with Gasteiger partial charge in [-0.2, -0.15) is 5.10 Å². The summed E-state index contributed by atoms with van der Waals surface area (Å²) < 4.78 is 0. The number of aromatic amines is 1. The van der Waals surface area contributed by atoms with Crippen molar-refractivity contribution < 1.29 is 0 Å². The van der Waals surface area contributed by atoms with Crippen LogP contribution in [-0.4, -0.2) is 16.7 Å². The third-order valence-electron chi connectivity index (χ3n) is 2.13. The lowest BCUT2D eigenvalue weighted by atomic mass is 10.2. The van der Waals surface area contributed by atoms with E-state index in [1.807, 2.05) is 19.1 Å². The number of aromatic nitrogens is 2. The summed E-state index contributed by atoms with van der Waals surface area (Å²) in [7, 11) is 0. The van der Waals surface area contributed by atoms with Crippen molar-refractivity contribution >= 4 is 16.6 Å². The Morgan fingerprint density at radius 1 is 1.46 bits per heavy atom. The fourth-order valence-corrected chi connectivity index (χ4v) is 1.45. The van der Waals surface area contributed by atoms with E-state index in [2.05, 4.69) is 28.5 Å². The Morgan fingerprint density at radius 2 is 2.31 bits per heavy atom. The molecule has 1 aromatic carbocycles. The SMILES string of the molecule is CCNc1ccc2n[nH]c(C)c2c1. The Kier molecular flexibility index (Phi) is 1.93. The zero-order chi connectivity index (χ0) is 9.26. The lowest BCUT2D eigenvalue weighted by Gasteiger charge is -2.01. The number of rotatable bonds is 2. The number of benzene rings is 1. The molecule has 3 heteroatoms. The maximum atomic E-state index is 4.17. The molecule has 0 aliphatic heterocycles. The fraction of sp³-hybridized carbons (Fsp3) is 0.300. The molecule has 3 nitrogen and oxygen atoms in total. The number of anilines is 1. The van der Waals surface area contributed by atoms with Crippen molar-refractivity contribution in [3.63, 3.8) is 0 Å². The van der Waals surface area contributed by atoms with Crippen LogP contribution in [0.15, 0.2) is 18.2 Å². The molecule has 0 fully saturated rings. The molecule has 68 valence electrons. The molecule has 1 heterocycles. The van der Waals surface area contributed by atoms with Gasteiger partial charge in [0.1, 0.15) is 0 Å². The highest BCUT2D eigenvalue weighted by Gasteiger charge is 2.00. The molecule has 0 amide bonds. The first-order valence-corrected chi connectivity index (χ1v) is 4.50. The van der Waals surface area contributed by atoms with E-state index >= 15 is 0 Å². The van der Waals surface area contributed by atoms with E-state index in [1.165, 1.54) is 5.39 Å². The van der Waals surface area contributed by atoms with Gasteiger partial charge in [-0.15, -0.1) is 0 Å². The smallest absolute Gasteiger partial charge is 0.0925 e. The van der Waals surface area contributed by atoms with Crippen LogP contribution in [0.25, 0.3) is 10.9 Å². The molecule has 0 aliphatic carbocycles. The topological polar surface area (TPSA) is 40.7 Å². The van der Waals surface area contributed by atoms with Gasteiger partial charge in [-0.05, 0) is 32.0 Å². The second-order valence-corrected chi connectivity index (χ2v) is 3.11. The maximum Gasteiger partial charge on any atom is 0.0925 e. The zero-order valence-corrected chi connectivity index (χ0v) is 7.89. The molecule has 0 radical (unpaired) electrons. The summed E-state index contributed by atoms with van der Waals surface area (Å²) in [5, 5.41) is 11.6. The Bertz CT molecular complexity index is 417. The number of nitrogens with zero attached hydrogens (tertiary/aromatic N) is 1. The number of hydrogen-bond acceptors (Lipinski definition) is 2. The van der Waals surface area contributed by atoms with E-state index in [4.69, 9.17) is 0 Å². The predicted molar refractivity (Wildman–Crippen MR) is 55.0 cm³/mol. The molecule has 0 spiro atoms. The normalized spacial score (nSPS) is 10.6. The van der Waals surface area contributed by atoms with Crippen LogP contribution in [0.3, 0.4) is 0 Å². The van der Waals surface area contributed by atoms with E-state index in [1.54, 1.807) is 0 Å². The van der Waals surface area contributed by atoms with Crippen LogP contribution < -0.4 is 5.32 Å². The van der Waals surface area contributed by atoms with Crippen molar-refractivity contribution in [2.24, 2.45) is 0 Å². The van der Waals surface area contributed by atoms with Crippen molar-refractivity contribution in [1.82, 2.24) is 10.2 Å². The van der Waals surface area contributed by atoms with Crippen LogP contribution in [0.1, 0.15) is 12.6 Å². The van der Waals surface area contributed by atoms with Crippen molar-refractivity contribution in [3.05, 3.63) is 23.9 Å². The number of hydrogen-bond donors (Lipinski definition) is 2. The molecular formula is C10H13N3. The molecule has 0 saturated carbocycles. The zero-order valence-electron chi connectivity index (χ0n) is 7.89. The van der Waals surface area contributed by atoms with Crippen LogP contribution in [-0.2, 0) is 0 Å². The highest BCUT2D eigenvalue weighted by molar-refractivity contribution is 5.84. The summed E-state index contributed by atoms with van der Waals surface area (Å²) in [5.74, 6) is 0. The van der Waals surface area contributed by atoms with Crippen molar-refractivity contribution in [2.75, 3.05) is 11.9 Å². The molecule has 0 bridgehead atoms. The maximum absolute atomic E-state index is 4.17. The monoisotopic (exact) mass is 175 g/mol. The van der Waals surface area contributed by atoms with E-state index in [0.29, 0.717) is 0 Å². The van der Waals surface area contributed by atoms with Gasteiger partial charge in [0.15, 0.2) is 0 Å². The lowest BCUT2D eigenvalue weighted by molar-refractivity contribution is 1.07. The minimum atomic E-state index is 0.947. The number of nitrogens with one attached hydrogen (secondary N) is 2. The minimum Gasteiger partial charge on any atom is -0.385 e. The molecule has 2 N–H and O–H groups in total. The molecule has 0 atom stereocenters. The predicted octanol–water partition coefficient (Wildman–Crippen LogP) is 2.30. The van der Waals surface area contributed by atoms with E-state index < -0.39 is 0 Å². The molecular weight excluding hydrogens is 162 g/mol. The van der Waals surface area contributed by atoms with Gasteiger partial charge in [-0.1, -0.05) is 0 Å². The largest absolute Gasteiger partial charge is 0.385 e. The second-order valence-electron chi connectivity index (χ2n) is 3.11. The highest BCUT2D eigenvalue weighted by Crippen LogP contribution is 2.19. The van der Waals surface area contributed by atoms with Gasteiger partial charge < -0.3 is 5.32 Å². The molecule has 1 aromatic heterocycles. The summed E-state index contributed by atoms with van der Waals surface area (Å²) >= 11 is 0. The van der Waals surface area contributed by atoms with Crippen LogP contribution in [0.5, 0.6) is 0 Å². The molecule has 13 heavy (non-hydrogen) atoms. The fourth-order valence-electron chi connectivity index (χ4n) is 1.45. The van der Waals surface area contributed by atoms with Gasteiger partial charge in [0.25, 0.3) is 0 Å². The first-order chi connectivity index (χ1) is 6.31. The lowest BCUT2D eigenvalue weighted by Crippen LogP contribution is -1.95. The van der Waals surface area contributed by atoms with E-state index in [9.17, 15) is 0 Å². The average molecular weight is 175 g/mol. The van der Waals surface area contributed by atoms with Crippen LogP contribution >= 0.6 is 0 Å². The molecule has 0 unspecified atom stereocenters. The molecule has 2 aromatic rings. The van der Waals surface area contributed by atoms with Crippen LogP contribution in [0.2, 0.25) is 0 Å². The Morgan fingerprint density at radius 3 is 3.08 bits per heavy atom. The Labute approximate surface area is 77.2 Å². The van der Waals surface area contributed by atoms with Gasteiger partial charge in [-0.3, -0.25) is 5.10 Å². The number of H-pyrrole nitrogens is 1. The second kappa shape index (κ2) is 3.09. The summed E-state index contributed by atoms with van der Waals surface area (Å²) in [4.78, 5) is 0. The standard InChI is InChI=1S/C10H13N3/c1-3-11-8-4-5-10-9(6-8)7(2)12-13-10/h4-6,11H,3H2,1-2H3,(H,12,13). The number of aryl methyl sites for hydroxylation is 1. The summed E-state index contributed by atoms with van der Waals surface area (Å²) in [5.41, 5.74) is 3.30. The van der Waals surface area contributed by atoms with Gasteiger partial charge in [0.2, 0.25) is 0 Å². The van der Waals surface area contributed by atoms with Crippen molar-refractivity contribution in [3.8, 4) is 0 Å². The average Bonchev–Trinajstić information content (AvgIpc) is 2.49. The van der Waals surface area contributed by atoms with Gasteiger partial charge in [0, 0.05) is 23.3 Å². The third-order valence-corrected chi connectivity index (χ3v) is 2.13. The quantitative estimate of drug-likeness (QED) is 0.735. The Hall–Kier alpha value is -1.51. The molecule has 0 saturated heterocycles. The van der Waals surface area contributed by atoms with E-state index in [0.717, 1.165) is 23.4 Å². The van der Waals surface area contributed by atoms with Crippen molar-refractivity contribution in [1.29, 1.82) is 0 Å². The third kappa shape index (κ3) is 1.37. The minimum absolute atomic E-state index is 0.947. The summed E-state index contributed by atoms with van der Waals surface area (Å²) in [6, 6.07) is 6.20. The number of fused-ring (bicyclic) bond motifs is 1. The first-order valence-electron chi connectivity index (χ1n) is 4.50. The van der Waals surface area contributed by atoms with Gasteiger partial charge >= 0.3 is 0 Å². The van der Waals surface area contributed by atoms with Gasteiger partial charge in [0.05, 0.1) is 5.52 Å². The molecule has 0 aliphatic rings. The summed E-state index contributed by atoms with van der Waals surface area (Å²) in [6.45, 7) is 5.07. The van der Waals surface area contributed by atoms with Crippen molar-refractivity contribution in [2.45, 2.75) is 13.8 Å². The van der Waals surface area contributed by atoms with Crippen LogP contribution in [0, 0.1) is 6.92 Å². The van der Waals surface area contributed by atoms with E-state index in [-0.39, 0.29) is 0 Å². The van der Waals surface area contributed by atoms with Gasteiger partial charge in [-0.25, -0.2) is 0 Å². The van der Waals surface area contributed by atoms with Crippen LogP contribution in [0.4, 0.5) is 5.69 Å². The summed E-state index contributed by atoms with van der Waals surface area (Å²) in [6.07, 6.45) is 0.